The molecule has 138 valence electrons. The van der Waals surface area contributed by atoms with Crippen LogP contribution in [-0.4, -0.2) is 43.9 Å². The number of hydrogen-bond acceptors (Lipinski definition) is 4. The summed E-state index contributed by atoms with van der Waals surface area (Å²) in [6.07, 6.45) is 2.53. The zero-order valence-electron chi connectivity index (χ0n) is 15.0. The number of halogens is 1. The predicted molar refractivity (Wildman–Crippen MR) is 94.1 cm³/mol. The number of nitrogens with one attached hydrogen (secondary N) is 1. The third kappa shape index (κ3) is 4.92. The molecule has 0 aromatic heterocycles. The molecule has 2 heterocycles. The molecule has 3 atom stereocenters. The fourth-order valence-electron chi connectivity index (χ4n) is 3.58. The number of morpholine rings is 1. The molecule has 25 heavy (non-hydrogen) atoms. The quantitative estimate of drug-likeness (QED) is 0.887. The van der Waals surface area contributed by atoms with E-state index >= 15 is 0 Å². The second-order valence-corrected chi connectivity index (χ2v) is 7.06. The van der Waals surface area contributed by atoms with Crippen molar-refractivity contribution in [2.24, 2.45) is 0 Å². The van der Waals surface area contributed by atoms with Gasteiger partial charge in [-0.25, -0.2) is 4.39 Å². The van der Waals surface area contributed by atoms with Gasteiger partial charge >= 0.3 is 0 Å². The number of amides is 1. The zero-order valence-corrected chi connectivity index (χ0v) is 15.0. The number of rotatable bonds is 5. The summed E-state index contributed by atoms with van der Waals surface area (Å²) in [7, 11) is 0. The third-order valence-electron chi connectivity index (χ3n) is 4.70. The van der Waals surface area contributed by atoms with E-state index in [1.165, 1.54) is 6.07 Å². The molecule has 0 spiro atoms. The van der Waals surface area contributed by atoms with Crippen molar-refractivity contribution >= 4 is 11.6 Å². The van der Waals surface area contributed by atoms with Crippen molar-refractivity contribution in [1.82, 2.24) is 5.32 Å². The molecule has 2 aliphatic heterocycles. The standard InChI is InChI=1S/C19H27FN2O3/c1-13-11-22(12-14(2)25-13)18-6-5-15(8-17(18)20)10-21-19(23)9-16-4-3-7-24-16/h5-6,8,13-14,16H,3-4,7,9-12H2,1-2H3,(H,21,23)/t13-,14-,16-/m1/s1. The van der Waals surface area contributed by atoms with Gasteiger partial charge in [-0.3, -0.25) is 4.79 Å². The zero-order chi connectivity index (χ0) is 17.8. The highest BCUT2D eigenvalue weighted by molar-refractivity contribution is 5.76. The van der Waals surface area contributed by atoms with Crippen LogP contribution in [0.25, 0.3) is 0 Å². The van der Waals surface area contributed by atoms with E-state index < -0.39 is 0 Å². The van der Waals surface area contributed by atoms with Gasteiger partial charge in [0.15, 0.2) is 0 Å². The van der Waals surface area contributed by atoms with Gasteiger partial charge in [0.1, 0.15) is 5.82 Å². The van der Waals surface area contributed by atoms with Crippen molar-refractivity contribution in [2.75, 3.05) is 24.6 Å². The largest absolute Gasteiger partial charge is 0.378 e. The summed E-state index contributed by atoms with van der Waals surface area (Å²) in [5.74, 6) is -0.306. The summed E-state index contributed by atoms with van der Waals surface area (Å²) in [6.45, 7) is 6.43. The van der Waals surface area contributed by atoms with Crippen LogP contribution in [0.3, 0.4) is 0 Å². The number of carbonyl (C=O) groups excluding carboxylic acids is 1. The number of benzene rings is 1. The van der Waals surface area contributed by atoms with Crippen LogP contribution < -0.4 is 10.2 Å². The van der Waals surface area contributed by atoms with Crippen LogP contribution in [0.15, 0.2) is 18.2 Å². The van der Waals surface area contributed by atoms with E-state index in [-0.39, 0.29) is 30.0 Å². The van der Waals surface area contributed by atoms with Crippen molar-refractivity contribution in [1.29, 1.82) is 0 Å². The number of carbonyl (C=O) groups is 1. The van der Waals surface area contributed by atoms with E-state index in [1.54, 1.807) is 6.07 Å². The highest BCUT2D eigenvalue weighted by Gasteiger charge is 2.24. The summed E-state index contributed by atoms with van der Waals surface area (Å²) in [5, 5.41) is 2.85. The van der Waals surface area contributed by atoms with E-state index in [0.717, 1.165) is 25.0 Å². The van der Waals surface area contributed by atoms with Crippen molar-refractivity contribution in [3.63, 3.8) is 0 Å². The van der Waals surface area contributed by atoms with Crippen LogP contribution in [-0.2, 0) is 20.8 Å². The fourth-order valence-corrected chi connectivity index (χ4v) is 3.58. The molecule has 5 nitrogen and oxygen atoms in total. The first-order chi connectivity index (χ1) is 12.0. The molecule has 0 radical (unpaired) electrons. The Morgan fingerprint density at radius 3 is 2.72 bits per heavy atom. The summed E-state index contributed by atoms with van der Waals surface area (Å²) < 4.78 is 25.7. The fraction of sp³-hybridized carbons (Fsp3) is 0.632. The molecule has 3 rings (SSSR count). The van der Waals surface area contributed by atoms with Crippen LogP contribution in [0.4, 0.5) is 10.1 Å². The Morgan fingerprint density at radius 2 is 2.08 bits per heavy atom. The molecule has 1 N–H and O–H groups in total. The van der Waals surface area contributed by atoms with Crippen molar-refractivity contribution < 1.29 is 18.7 Å². The Hall–Kier alpha value is -1.66. The molecule has 6 heteroatoms. The molecule has 0 bridgehead atoms. The maximum atomic E-state index is 14.5. The van der Waals surface area contributed by atoms with Crippen LogP contribution in [0, 0.1) is 5.82 Å². The van der Waals surface area contributed by atoms with Gasteiger partial charge < -0.3 is 19.7 Å². The second kappa shape index (κ2) is 8.15. The van der Waals surface area contributed by atoms with Crippen molar-refractivity contribution in [3.05, 3.63) is 29.6 Å². The van der Waals surface area contributed by atoms with Gasteiger partial charge in [0.2, 0.25) is 5.91 Å². The Labute approximate surface area is 148 Å². The molecule has 2 aliphatic rings. The van der Waals surface area contributed by atoms with Gasteiger partial charge in [0.05, 0.1) is 30.4 Å². The van der Waals surface area contributed by atoms with Gasteiger partial charge in [-0.15, -0.1) is 0 Å². The SMILES string of the molecule is C[C@@H]1CN(c2ccc(CNC(=O)C[C@H]3CCCO3)cc2F)C[C@@H](C)O1. The number of ether oxygens (including phenoxy) is 2. The molecule has 2 saturated heterocycles. The molecule has 0 unspecified atom stereocenters. The molecular formula is C19H27FN2O3. The first-order valence-corrected chi connectivity index (χ1v) is 9.08. The normalized spacial score (nSPS) is 26.7. The minimum atomic E-state index is -0.257. The first kappa shape index (κ1) is 18.1. The van der Waals surface area contributed by atoms with Gasteiger partial charge in [-0.1, -0.05) is 6.07 Å². The molecule has 1 aromatic carbocycles. The van der Waals surface area contributed by atoms with Gasteiger partial charge in [-0.05, 0) is 44.4 Å². The molecule has 0 saturated carbocycles. The number of hydrogen-bond donors (Lipinski definition) is 1. The van der Waals surface area contributed by atoms with Gasteiger partial charge in [-0.2, -0.15) is 0 Å². The van der Waals surface area contributed by atoms with Gasteiger partial charge in [0.25, 0.3) is 0 Å². The highest BCUT2D eigenvalue weighted by atomic mass is 19.1. The Kier molecular flexibility index (Phi) is 5.91. The average molecular weight is 350 g/mol. The predicted octanol–water partition coefficient (Wildman–Crippen LogP) is 2.62. The first-order valence-electron chi connectivity index (χ1n) is 9.08. The monoisotopic (exact) mass is 350 g/mol. The van der Waals surface area contributed by atoms with Crippen LogP contribution in [0.2, 0.25) is 0 Å². The van der Waals surface area contributed by atoms with Crippen LogP contribution in [0.1, 0.15) is 38.7 Å². The highest BCUT2D eigenvalue weighted by Crippen LogP contribution is 2.24. The Bertz CT molecular complexity index is 594. The van der Waals surface area contributed by atoms with E-state index in [2.05, 4.69) is 5.32 Å². The lowest BCUT2D eigenvalue weighted by Gasteiger charge is -2.37. The van der Waals surface area contributed by atoms with E-state index in [4.69, 9.17) is 9.47 Å². The molecular weight excluding hydrogens is 323 g/mol. The number of nitrogens with zero attached hydrogens (tertiary/aromatic N) is 1. The van der Waals surface area contributed by atoms with Gasteiger partial charge in [0, 0.05) is 26.2 Å². The Balaban J connectivity index is 1.55. The summed E-state index contributed by atoms with van der Waals surface area (Å²) in [6, 6.07) is 5.17. The summed E-state index contributed by atoms with van der Waals surface area (Å²) in [4.78, 5) is 14.0. The maximum absolute atomic E-state index is 14.5. The maximum Gasteiger partial charge on any atom is 0.222 e. The molecule has 1 amide bonds. The lowest BCUT2D eigenvalue weighted by Crippen LogP contribution is -2.45. The second-order valence-electron chi connectivity index (χ2n) is 7.06. The smallest absolute Gasteiger partial charge is 0.222 e. The Morgan fingerprint density at radius 1 is 1.32 bits per heavy atom. The van der Waals surface area contributed by atoms with Crippen LogP contribution >= 0.6 is 0 Å². The van der Waals surface area contributed by atoms with E-state index in [1.807, 2.05) is 24.8 Å². The lowest BCUT2D eigenvalue weighted by atomic mass is 10.1. The summed E-state index contributed by atoms with van der Waals surface area (Å²) in [5.41, 5.74) is 1.35. The average Bonchev–Trinajstić information content (AvgIpc) is 3.05. The lowest BCUT2D eigenvalue weighted by molar-refractivity contribution is -0.123. The third-order valence-corrected chi connectivity index (χ3v) is 4.70. The topological polar surface area (TPSA) is 50.8 Å². The van der Waals surface area contributed by atoms with E-state index in [9.17, 15) is 9.18 Å². The minimum Gasteiger partial charge on any atom is -0.378 e. The van der Waals surface area contributed by atoms with Crippen LogP contribution in [0.5, 0.6) is 0 Å². The molecule has 2 fully saturated rings. The number of anilines is 1. The molecule has 1 aromatic rings. The summed E-state index contributed by atoms with van der Waals surface area (Å²) >= 11 is 0. The minimum absolute atomic E-state index is 0.0319. The van der Waals surface area contributed by atoms with E-state index in [0.29, 0.717) is 31.7 Å². The van der Waals surface area contributed by atoms with Crippen molar-refractivity contribution in [2.45, 2.75) is 58.0 Å². The van der Waals surface area contributed by atoms with Crippen molar-refractivity contribution in [3.8, 4) is 0 Å². The molecule has 0 aliphatic carbocycles.